The van der Waals surface area contributed by atoms with E-state index in [1.54, 1.807) is 0 Å². The summed E-state index contributed by atoms with van der Waals surface area (Å²) in [6.07, 6.45) is 0.260. The molecule has 0 bridgehead atoms. The van der Waals surface area contributed by atoms with Gasteiger partial charge in [0, 0.05) is 6.04 Å². The zero-order chi connectivity index (χ0) is 5.70. The Hall–Kier alpha value is 0.140. The summed E-state index contributed by atoms with van der Waals surface area (Å²) in [7, 11) is 0. The normalized spacial score (nSPS) is 12.4. The molecule has 0 saturated carbocycles. The second kappa shape index (κ2) is 7.14. The van der Waals surface area contributed by atoms with E-state index in [4.69, 9.17) is 10.8 Å². The van der Waals surface area contributed by atoms with Gasteiger partial charge in [-0.05, 0) is 6.42 Å². The Morgan fingerprint density at radius 3 is 2.25 bits per heavy atom. The Kier molecular flexibility index (Phi) is 9.82. The minimum atomic E-state index is -0.443. The molecule has 0 heterocycles. The summed E-state index contributed by atoms with van der Waals surface area (Å²) >= 11 is 0. The van der Waals surface area contributed by atoms with Crippen LogP contribution in [0.25, 0.3) is 0 Å². The maximum atomic E-state index is 11.2. The second-order valence-electron chi connectivity index (χ2n) is 1.42. The average Bonchev–Trinajstić information content (AvgIpc) is 1.68. The standard InChI is InChI=1S/C4H10FNO.ClH/c5-2-1-4(6)3-7;/h4,7H,1-3,6H2;1H. The molecule has 0 aliphatic heterocycles. The first-order valence-corrected chi connectivity index (χ1v) is 2.23. The lowest BCUT2D eigenvalue weighted by Crippen LogP contribution is -2.24. The van der Waals surface area contributed by atoms with Gasteiger partial charge in [0.15, 0.2) is 0 Å². The first-order valence-electron chi connectivity index (χ1n) is 2.23. The number of alkyl halides is 1. The van der Waals surface area contributed by atoms with E-state index in [0.717, 1.165) is 0 Å². The maximum absolute atomic E-state index is 11.2. The van der Waals surface area contributed by atoms with Crippen LogP contribution in [0.4, 0.5) is 4.39 Å². The van der Waals surface area contributed by atoms with Crippen LogP contribution in [0, 0.1) is 0 Å². The van der Waals surface area contributed by atoms with Crippen LogP contribution in [0.3, 0.4) is 0 Å². The highest BCUT2D eigenvalue weighted by Crippen LogP contribution is 1.84. The number of aliphatic hydroxyl groups is 1. The monoisotopic (exact) mass is 143 g/mol. The van der Waals surface area contributed by atoms with E-state index in [9.17, 15) is 4.39 Å². The molecule has 0 aromatic carbocycles. The molecule has 8 heavy (non-hydrogen) atoms. The predicted octanol–water partition coefficient (Wildman–Crippen LogP) is 0.0874. The second-order valence-corrected chi connectivity index (χ2v) is 1.42. The number of aliphatic hydroxyl groups excluding tert-OH is 1. The molecule has 0 aromatic heterocycles. The van der Waals surface area contributed by atoms with E-state index < -0.39 is 6.67 Å². The molecule has 0 aromatic rings. The summed E-state index contributed by atoms with van der Waals surface area (Å²) in [5, 5.41) is 8.17. The van der Waals surface area contributed by atoms with Crippen molar-refractivity contribution >= 4 is 12.4 Å². The fourth-order valence-corrected chi connectivity index (χ4v) is 0.231. The largest absolute Gasteiger partial charge is 0.395 e. The van der Waals surface area contributed by atoms with E-state index in [1.165, 1.54) is 0 Å². The SMILES string of the molecule is Cl.NC(CO)CCF. The van der Waals surface area contributed by atoms with E-state index >= 15 is 0 Å². The summed E-state index contributed by atoms with van der Waals surface area (Å²) in [4.78, 5) is 0. The first kappa shape index (κ1) is 11.0. The summed E-state index contributed by atoms with van der Waals surface area (Å²) < 4.78 is 11.2. The summed E-state index contributed by atoms with van der Waals surface area (Å²) in [6.45, 7) is -0.564. The minimum Gasteiger partial charge on any atom is -0.395 e. The molecule has 1 unspecified atom stereocenters. The molecule has 3 N–H and O–H groups in total. The topological polar surface area (TPSA) is 46.2 Å². The van der Waals surface area contributed by atoms with Crippen LogP contribution in [0.15, 0.2) is 0 Å². The molecule has 0 fully saturated rings. The van der Waals surface area contributed by atoms with Crippen molar-refractivity contribution in [3.8, 4) is 0 Å². The third-order valence-electron chi connectivity index (χ3n) is 0.714. The smallest absolute Gasteiger partial charge is 0.0910 e. The molecule has 4 heteroatoms. The summed E-state index contributed by atoms with van der Waals surface area (Å²) in [6, 6.07) is -0.370. The maximum Gasteiger partial charge on any atom is 0.0910 e. The minimum absolute atomic E-state index is 0. The van der Waals surface area contributed by atoms with Crippen molar-refractivity contribution in [3.05, 3.63) is 0 Å². The third kappa shape index (κ3) is 6.14. The molecule has 0 rings (SSSR count). The molecular weight excluding hydrogens is 133 g/mol. The molecule has 0 amide bonds. The zero-order valence-corrected chi connectivity index (χ0v) is 5.33. The number of halogens is 2. The molecule has 0 radical (unpaired) electrons. The Morgan fingerprint density at radius 2 is 2.12 bits per heavy atom. The Morgan fingerprint density at radius 1 is 1.62 bits per heavy atom. The van der Waals surface area contributed by atoms with Gasteiger partial charge in [-0.15, -0.1) is 12.4 Å². The lowest BCUT2D eigenvalue weighted by atomic mass is 10.3. The van der Waals surface area contributed by atoms with Crippen molar-refractivity contribution < 1.29 is 9.50 Å². The van der Waals surface area contributed by atoms with Crippen molar-refractivity contribution in [2.24, 2.45) is 5.73 Å². The van der Waals surface area contributed by atoms with Crippen LogP contribution in [0.5, 0.6) is 0 Å². The van der Waals surface area contributed by atoms with Gasteiger partial charge in [0.1, 0.15) is 0 Å². The Bertz CT molecular complexity index is 47.0. The molecule has 0 aliphatic carbocycles. The average molecular weight is 144 g/mol. The van der Waals surface area contributed by atoms with Gasteiger partial charge in [0.25, 0.3) is 0 Å². The van der Waals surface area contributed by atoms with E-state index in [1.807, 2.05) is 0 Å². The van der Waals surface area contributed by atoms with E-state index in [2.05, 4.69) is 0 Å². The van der Waals surface area contributed by atoms with Crippen LogP contribution in [0.2, 0.25) is 0 Å². The van der Waals surface area contributed by atoms with Crippen molar-refractivity contribution in [3.63, 3.8) is 0 Å². The van der Waals surface area contributed by atoms with Gasteiger partial charge in [-0.2, -0.15) is 0 Å². The first-order chi connectivity index (χ1) is 3.31. The van der Waals surface area contributed by atoms with E-state index in [-0.39, 0.29) is 31.5 Å². The Balaban J connectivity index is 0. The number of hydrogen-bond donors (Lipinski definition) is 2. The molecular formula is C4H11ClFNO. The highest BCUT2D eigenvalue weighted by molar-refractivity contribution is 5.85. The molecule has 0 aliphatic rings. The molecule has 52 valence electrons. The van der Waals surface area contributed by atoms with Gasteiger partial charge >= 0.3 is 0 Å². The van der Waals surface area contributed by atoms with Crippen LogP contribution in [-0.2, 0) is 0 Å². The van der Waals surface area contributed by atoms with Gasteiger partial charge in [-0.1, -0.05) is 0 Å². The molecule has 0 spiro atoms. The van der Waals surface area contributed by atoms with Crippen molar-refractivity contribution in [1.82, 2.24) is 0 Å². The molecule has 2 nitrogen and oxygen atoms in total. The Labute approximate surface area is 54.3 Å². The van der Waals surface area contributed by atoms with Gasteiger partial charge in [0.2, 0.25) is 0 Å². The van der Waals surface area contributed by atoms with Gasteiger partial charge in [-0.25, -0.2) is 0 Å². The highest BCUT2D eigenvalue weighted by atomic mass is 35.5. The molecule has 0 saturated heterocycles. The van der Waals surface area contributed by atoms with Gasteiger partial charge in [-0.3, -0.25) is 4.39 Å². The van der Waals surface area contributed by atoms with Crippen molar-refractivity contribution in [1.29, 1.82) is 0 Å². The summed E-state index contributed by atoms with van der Waals surface area (Å²) in [5.41, 5.74) is 5.09. The van der Waals surface area contributed by atoms with Crippen LogP contribution >= 0.6 is 12.4 Å². The zero-order valence-electron chi connectivity index (χ0n) is 4.51. The van der Waals surface area contributed by atoms with Crippen LogP contribution in [0.1, 0.15) is 6.42 Å². The van der Waals surface area contributed by atoms with Crippen LogP contribution < -0.4 is 5.73 Å². The van der Waals surface area contributed by atoms with E-state index in [0.29, 0.717) is 0 Å². The summed E-state index contributed by atoms with van der Waals surface area (Å²) in [5.74, 6) is 0. The highest BCUT2D eigenvalue weighted by Gasteiger charge is 1.95. The lowest BCUT2D eigenvalue weighted by molar-refractivity contribution is 0.251. The number of nitrogens with two attached hydrogens (primary N) is 1. The fraction of sp³-hybridized carbons (Fsp3) is 1.00. The van der Waals surface area contributed by atoms with Gasteiger partial charge < -0.3 is 10.8 Å². The van der Waals surface area contributed by atoms with Crippen molar-refractivity contribution in [2.75, 3.05) is 13.3 Å². The third-order valence-corrected chi connectivity index (χ3v) is 0.714. The lowest BCUT2D eigenvalue weighted by Gasteiger charge is -2.00. The fourth-order valence-electron chi connectivity index (χ4n) is 0.231. The number of hydrogen-bond acceptors (Lipinski definition) is 2. The van der Waals surface area contributed by atoms with Gasteiger partial charge in [0.05, 0.1) is 13.3 Å². The van der Waals surface area contributed by atoms with Crippen LogP contribution in [-0.4, -0.2) is 24.4 Å². The molecule has 1 atom stereocenters. The van der Waals surface area contributed by atoms with Crippen molar-refractivity contribution in [2.45, 2.75) is 12.5 Å². The predicted molar refractivity (Wildman–Crippen MR) is 32.9 cm³/mol. The number of rotatable bonds is 3. The quantitative estimate of drug-likeness (QED) is 0.588.